The van der Waals surface area contributed by atoms with E-state index in [-0.39, 0.29) is 18.1 Å². The van der Waals surface area contributed by atoms with Crippen LogP contribution in [0.25, 0.3) is 16.9 Å². The van der Waals surface area contributed by atoms with E-state index in [1.165, 1.54) is 0 Å². The number of nitrogens with zero attached hydrogens (tertiary/aromatic N) is 4. The number of hydrogen-bond acceptors (Lipinski definition) is 6. The molecular weight excluding hydrogens is 420 g/mol. The first-order chi connectivity index (χ1) is 15.8. The maximum absolute atomic E-state index is 12.1. The maximum Gasteiger partial charge on any atom is 0.315 e. The Morgan fingerprint density at radius 1 is 1.15 bits per heavy atom. The average Bonchev–Trinajstić information content (AvgIpc) is 3.35. The molecule has 9 heteroatoms. The van der Waals surface area contributed by atoms with E-state index in [1.807, 2.05) is 50.4 Å². The van der Waals surface area contributed by atoms with Gasteiger partial charge in [0.15, 0.2) is 17.1 Å². The number of methoxy groups -OCH3 is 2. The molecule has 1 atom stereocenters. The minimum atomic E-state index is -0.125. The SMILES string of the molecule is COc1ccc(-c2c(C)nc3c(N4CC[C@@H](NC(=O)NC(C)C)C4)cc(C)nn23)cc1OC. The van der Waals surface area contributed by atoms with Crippen molar-refractivity contribution < 1.29 is 14.3 Å². The molecule has 3 aromatic rings. The van der Waals surface area contributed by atoms with E-state index in [9.17, 15) is 4.79 Å². The summed E-state index contributed by atoms with van der Waals surface area (Å²) in [5.41, 5.74) is 5.47. The summed E-state index contributed by atoms with van der Waals surface area (Å²) in [5.74, 6) is 1.33. The van der Waals surface area contributed by atoms with Gasteiger partial charge in [-0.15, -0.1) is 0 Å². The van der Waals surface area contributed by atoms with Crippen molar-refractivity contribution in [1.82, 2.24) is 25.2 Å². The Hall–Kier alpha value is -3.49. The van der Waals surface area contributed by atoms with Crippen molar-refractivity contribution in [3.63, 3.8) is 0 Å². The number of benzene rings is 1. The van der Waals surface area contributed by atoms with Crippen molar-refractivity contribution in [2.45, 2.75) is 46.2 Å². The van der Waals surface area contributed by atoms with Crippen molar-refractivity contribution in [2.24, 2.45) is 0 Å². The number of hydrogen-bond donors (Lipinski definition) is 2. The van der Waals surface area contributed by atoms with Crippen molar-refractivity contribution in [1.29, 1.82) is 0 Å². The third-order valence-corrected chi connectivity index (χ3v) is 5.80. The van der Waals surface area contributed by atoms with Gasteiger partial charge in [-0.2, -0.15) is 5.10 Å². The van der Waals surface area contributed by atoms with E-state index in [2.05, 4.69) is 21.6 Å². The summed E-state index contributed by atoms with van der Waals surface area (Å²) in [4.78, 5) is 19.3. The Labute approximate surface area is 194 Å². The lowest BCUT2D eigenvalue weighted by Gasteiger charge is -2.20. The summed E-state index contributed by atoms with van der Waals surface area (Å²) >= 11 is 0. The van der Waals surface area contributed by atoms with Crippen molar-refractivity contribution in [3.05, 3.63) is 35.7 Å². The molecule has 0 radical (unpaired) electrons. The van der Waals surface area contributed by atoms with Gasteiger partial charge >= 0.3 is 6.03 Å². The molecule has 3 heterocycles. The van der Waals surface area contributed by atoms with Crippen LogP contribution in [0.2, 0.25) is 0 Å². The number of fused-ring (bicyclic) bond motifs is 1. The highest BCUT2D eigenvalue weighted by Crippen LogP contribution is 2.35. The summed E-state index contributed by atoms with van der Waals surface area (Å²) in [6.07, 6.45) is 0.876. The number of carbonyl (C=O) groups is 1. The molecule has 33 heavy (non-hydrogen) atoms. The molecule has 2 amide bonds. The molecule has 0 unspecified atom stereocenters. The molecule has 9 nitrogen and oxygen atoms in total. The minimum Gasteiger partial charge on any atom is -0.493 e. The number of imidazole rings is 1. The number of ether oxygens (including phenoxy) is 2. The molecule has 0 bridgehead atoms. The van der Waals surface area contributed by atoms with Crippen LogP contribution >= 0.6 is 0 Å². The number of urea groups is 1. The summed E-state index contributed by atoms with van der Waals surface area (Å²) in [7, 11) is 3.25. The largest absolute Gasteiger partial charge is 0.493 e. The molecule has 1 fully saturated rings. The first-order valence-corrected chi connectivity index (χ1v) is 11.2. The van der Waals surface area contributed by atoms with Crippen LogP contribution in [-0.2, 0) is 0 Å². The van der Waals surface area contributed by atoms with Gasteiger partial charge in [0.25, 0.3) is 0 Å². The van der Waals surface area contributed by atoms with Crippen LogP contribution in [-0.4, -0.2) is 60.0 Å². The summed E-state index contributed by atoms with van der Waals surface area (Å²) in [6, 6.07) is 7.96. The fourth-order valence-corrected chi connectivity index (χ4v) is 4.36. The number of anilines is 1. The Kier molecular flexibility index (Phi) is 6.31. The van der Waals surface area contributed by atoms with Crippen molar-refractivity contribution in [2.75, 3.05) is 32.2 Å². The predicted molar refractivity (Wildman–Crippen MR) is 128 cm³/mol. The van der Waals surface area contributed by atoms with Gasteiger partial charge in [-0.25, -0.2) is 14.3 Å². The molecule has 1 saturated heterocycles. The zero-order valence-corrected chi connectivity index (χ0v) is 20.1. The van der Waals surface area contributed by atoms with Crippen LogP contribution in [0.15, 0.2) is 24.3 Å². The van der Waals surface area contributed by atoms with Crippen LogP contribution in [0, 0.1) is 13.8 Å². The Bertz CT molecular complexity index is 1170. The van der Waals surface area contributed by atoms with Crippen LogP contribution in [0.1, 0.15) is 31.7 Å². The van der Waals surface area contributed by atoms with E-state index in [4.69, 9.17) is 19.6 Å². The second-order valence-corrected chi connectivity index (χ2v) is 8.73. The standard InChI is InChI=1S/C24H32N6O3/c1-14(2)25-24(31)27-18-9-10-29(13-18)19-11-15(3)28-30-22(16(4)26-23(19)30)17-7-8-20(32-5)21(12-17)33-6/h7-8,11-12,14,18H,9-10,13H2,1-6H3,(H2,25,27,31)/t18-/m1/s1. The first-order valence-electron chi connectivity index (χ1n) is 11.2. The molecule has 176 valence electrons. The number of aromatic nitrogens is 3. The molecule has 1 aliphatic rings. The lowest BCUT2D eigenvalue weighted by molar-refractivity contribution is 0.235. The molecule has 1 aliphatic heterocycles. The lowest BCUT2D eigenvalue weighted by Crippen LogP contribution is -2.45. The fraction of sp³-hybridized carbons (Fsp3) is 0.458. The second-order valence-electron chi connectivity index (χ2n) is 8.73. The van der Waals surface area contributed by atoms with Gasteiger partial charge in [0.2, 0.25) is 0 Å². The van der Waals surface area contributed by atoms with Gasteiger partial charge in [0, 0.05) is 30.7 Å². The zero-order chi connectivity index (χ0) is 23.7. The van der Waals surface area contributed by atoms with Crippen LogP contribution in [0.4, 0.5) is 10.5 Å². The number of carbonyl (C=O) groups excluding carboxylic acids is 1. The maximum atomic E-state index is 12.1. The van der Waals surface area contributed by atoms with Gasteiger partial charge < -0.3 is 25.0 Å². The fourth-order valence-electron chi connectivity index (χ4n) is 4.36. The number of aryl methyl sites for hydroxylation is 2. The Morgan fingerprint density at radius 2 is 1.91 bits per heavy atom. The highest BCUT2D eigenvalue weighted by Gasteiger charge is 2.27. The first kappa shape index (κ1) is 22.7. The van der Waals surface area contributed by atoms with Gasteiger partial charge in [-0.1, -0.05) is 0 Å². The van der Waals surface area contributed by atoms with Gasteiger partial charge in [0.1, 0.15) is 0 Å². The molecule has 2 N–H and O–H groups in total. The Balaban J connectivity index is 1.68. The minimum absolute atomic E-state index is 0.0821. The summed E-state index contributed by atoms with van der Waals surface area (Å²) in [6.45, 7) is 9.44. The highest BCUT2D eigenvalue weighted by molar-refractivity contribution is 5.77. The highest BCUT2D eigenvalue weighted by atomic mass is 16.5. The molecular formula is C24H32N6O3. The smallest absolute Gasteiger partial charge is 0.315 e. The van der Waals surface area contributed by atoms with E-state index < -0.39 is 0 Å². The van der Waals surface area contributed by atoms with E-state index in [0.717, 1.165) is 53.5 Å². The van der Waals surface area contributed by atoms with E-state index in [1.54, 1.807) is 14.2 Å². The topological polar surface area (TPSA) is 93.0 Å². The summed E-state index contributed by atoms with van der Waals surface area (Å²) < 4.78 is 12.8. The number of amides is 2. The third-order valence-electron chi connectivity index (χ3n) is 5.80. The van der Waals surface area contributed by atoms with Crippen molar-refractivity contribution in [3.8, 4) is 22.8 Å². The van der Waals surface area contributed by atoms with E-state index >= 15 is 0 Å². The normalized spacial score (nSPS) is 15.8. The van der Waals surface area contributed by atoms with Gasteiger partial charge in [-0.3, -0.25) is 0 Å². The molecule has 1 aromatic carbocycles. The molecule has 4 rings (SSSR count). The molecule has 0 aliphatic carbocycles. The monoisotopic (exact) mass is 452 g/mol. The number of rotatable bonds is 6. The van der Waals surface area contributed by atoms with Gasteiger partial charge in [0.05, 0.1) is 37.0 Å². The van der Waals surface area contributed by atoms with Crippen LogP contribution in [0.3, 0.4) is 0 Å². The van der Waals surface area contributed by atoms with Gasteiger partial charge in [-0.05, 0) is 58.4 Å². The quantitative estimate of drug-likeness (QED) is 0.596. The number of nitrogens with one attached hydrogen (secondary N) is 2. The summed E-state index contributed by atoms with van der Waals surface area (Å²) in [5, 5.41) is 10.8. The molecule has 0 spiro atoms. The van der Waals surface area contributed by atoms with Crippen molar-refractivity contribution >= 4 is 17.4 Å². The zero-order valence-electron chi connectivity index (χ0n) is 20.1. The van der Waals surface area contributed by atoms with E-state index in [0.29, 0.717) is 11.5 Å². The lowest BCUT2D eigenvalue weighted by atomic mass is 10.1. The average molecular weight is 453 g/mol. The molecule has 0 saturated carbocycles. The van der Waals surface area contributed by atoms with Crippen LogP contribution in [0.5, 0.6) is 11.5 Å². The molecule has 2 aromatic heterocycles. The Morgan fingerprint density at radius 3 is 2.61 bits per heavy atom. The van der Waals surface area contributed by atoms with Crippen LogP contribution < -0.4 is 25.0 Å². The predicted octanol–water partition coefficient (Wildman–Crippen LogP) is 3.32. The third kappa shape index (κ3) is 4.53. The second kappa shape index (κ2) is 9.17.